The zero-order valence-corrected chi connectivity index (χ0v) is 16.6. The highest BCUT2D eigenvalue weighted by Gasteiger charge is 2.26. The number of ether oxygens (including phenoxy) is 1. The molecule has 0 aliphatic carbocycles. The molecule has 0 aromatic heterocycles. The smallest absolute Gasteiger partial charge is 0.308 e. The van der Waals surface area contributed by atoms with Gasteiger partial charge in [-0.2, -0.15) is 0 Å². The van der Waals surface area contributed by atoms with E-state index in [1.165, 1.54) is 7.11 Å². The van der Waals surface area contributed by atoms with Crippen molar-refractivity contribution in [2.24, 2.45) is 10.9 Å². The highest BCUT2D eigenvalue weighted by atomic mass is 127. The van der Waals surface area contributed by atoms with Crippen molar-refractivity contribution in [1.29, 1.82) is 0 Å². The Morgan fingerprint density at radius 1 is 1.22 bits per heavy atom. The van der Waals surface area contributed by atoms with Crippen LogP contribution in [0, 0.1) is 5.92 Å². The second-order valence-corrected chi connectivity index (χ2v) is 5.30. The second kappa shape index (κ2) is 12.4. The van der Waals surface area contributed by atoms with Gasteiger partial charge < -0.3 is 20.3 Å². The molecule has 1 aliphatic heterocycles. The molecule has 1 fully saturated rings. The molecule has 1 heterocycles. The van der Waals surface area contributed by atoms with E-state index < -0.39 is 0 Å². The molecule has 0 atom stereocenters. The number of methoxy groups -OCH3 is 1. The lowest BCUT2D eigenvalue weighted by Gasteiger charge is -2.33. The molecule has 1 saturated heterocycles. The van der Waals surface area contributed by atoms with E-state index in [1.807, 2.05) is 13.8 Å². The van der Waals surface area contributed by atoms with Crippen molar-refractivity contribution in [3.8, 4) is 0 Å². The van der Waals surface area contributed by atoms with Gasteiger partial charge >= 0.3 is 5.97 Å². The second-order valence-electron chi connectivity index (χ2n) is 5.30. The predicted octanol–water partition coefficient (Wildman–Crippen LogP) is 0.981. The van der Waals surface area contributed by atoms with Gasteiger partial charge in [0.25, 0.3) is 0 Å². The van der Waals surface area contributed by atoms with E-state index in [2.05, 4.69) is 20.5 Å². The monoisotopic (exact) mass is 440 g/mol. The highest BCUT2D eigenvalue weighted by Crippen LogP contribution is 2.18. The number of piperidine rings is 1. The number of esters is 1. The zero-order valence-electron chi connectivity index (χ0n) is 14.3. The number of carbonyl (C=O) groups excluding carboxylic acids is 2. The van der Waals surface area contributed by atoms with Crippen molar-refractivity contribution in [2.75, 3.05) is 39.8 Å². The van der Waals surface area contributed by atoms with E-state index in [0.717, 1.165) is 44.9 Å². The van der Waals surface area contributed by atoms with Gasteiger partial charge in [-0.1, -0.05) is 6.92 Å². The number of carbonyl (C=O) groups is 2. The molecule has 134 valence electrons. The molecule has 1 rings (SSSR count). The molecule has 0 radical (unpaired) electrons. The third kappa shape index (κ3) is 7.85. The van der Waals surface area contributed by atoms with Crippen molar-refractivity contribution < 1.29 is 14.3 Å². The summed E-state index contributed by atoms with van der Waals surface area (Å²) < 4.78 is 4.79. The third-order valence-corrected chi connectivity index (χ3v) is 3.61. The van der Waals surface area contributed by atoms with E-state index in [-0.39, 0.29) is 48.3 Å². The Morgan fingerprint density at radius 3 is 2.39 bits per heavy atom. The number of nitrogens with one attached hydrogen (secondary N) is 2. The van der Waals surface area contributed by atoms with Gasteiger partial charge in [0.15, 0.2) is 5.96 Å². The largest absolute Gasteiger partial charge is 0.469 e. The minimum absolute atomic E-state index is 0. The maximum atomic E-state index is 11.6. The molecule has 0 aromatic carbocycles. The maximum absolute atomic E-state index is 11.6. The molecule has 0 unspecified atom stereocenters. The van der Waals surface area contributed by atoms with Gasteiger partial charge in [0.1, 0.15) is 6.54 Å². The summed E-state index contributed by atoms with van der Waals surface area (Å²) >= 11 is 0. The summed E-state index contributed by atoms with van der Waals surface area (Å²) in [4.78, 5) is 29.7. The Hall–Kier alpha value is -1.06. The van der Waals surface area contributed by atoms with E-state index >= 15 is 0 Å². The molecule has 0 saturated carbocycles. The van der Waals surface area contributed by atoms with Crippen LogP contribution < -0.4 is 10.6 Å². The Bertz CT molecular complexity index is 396. The van der Waals surface area contributed by atoms with Crippen LogP contribution in [0.5, 0.6) is 0 Å². The molecule has 0 bridgehead atoms. The van der Waals surface area contributed by atoms with Gasteiger partial charge in [0.05, 0.1) is 13.0 Å². The number of halogens is 1. The molecular formula is C15H29IN4O3. The number of rotatable bonds is 6. The maximum Gasteiger partial charge on any atom is 0.308 e. The zero-order chi connectivity index (χ0) is 16.4. The first-order chi connectivity index (χ1) is 10.6. The number of aliphatic imine (C=N–C) groups is 1. The van der Waals surface area contributed by atoms with Crippen LogP contribution in [0.15, 0.2) is 4.99 Å². The number of likely N-dealkylation sites (tertiary alicyclic amines) is 1. The first-order valence-electron chi connectivity index (χ1n) is 8.00. The molecular weight excluding hydrogens is 411 g/mol. The van der Waals surface area contributed by atoms with Gasteiger partial charge in [-0.15, -0.1) is 24.0 Å². The van der Waals surface area contributed by atoms with Crippen LogP contribution in [0.2, 0.25) is 0 Å². The summed E-state index contributed by atoms with van der Waals surface area (Å²) in [6, 6.07) is 0. The fraction of sp³-hybridized carbons (Fsp3) is 0.800. The number of guanidine groups is 1. The lowest BCUT2D eigenvalue weighted by Crippen LogP contribution is -2.47. The first-order valence-corrected chi connectivity index (χ1v) is 8.00. The first kappa shape index (κ1) is 21.9. The fourth-order valence-corrected chi connectivity index (χ4v) is 2.39. The summed E-state index contributed by atoms with van der Waals surface area (Å²) in [6.45, 7) is 7.03. The van der Waals surface area contributed by atoms with Crippen LogP contribution in [-0.2, 0) is 14.3 Å². The van der Waals surface area contributed by atoms with Crippen molar-refractivity contribution in [3.63, 3.8) is 0 Å². The van der Waals surface area contributed by atoms with Gasteiger partial charge in [-0.3, -0.25) is 9.59 Å². The third-order valence-electron chi connectivity index (χ3n) is 3.61. The van der Waals surface area contributed by atoms with Crippen LogP contribution >= 0.6 is 24.0 Å². The molecule has 1 aliphatic rings. The van der Waals surface area contributed by atoms with Crippen LogP contribution in [0.1, 0.15) is 33.1 Å². The Balaban J connectivity index is 0.00000484. The number of hydrogen-bond donors (Lipinski definition) is 2. The molecule has 2 N–H and O–H groups in total. The van der Waals surface area contributed by atoms with Gasteiger partial charge in [0, 0.05) is 26.2 Å². The van der Waals surface area contributed by atoms with Crippen molar-refractivity contribution in [2.45, 2.75) is 33.1 Å². The number of hydrogen-bond acceptors (Lipinski definition) is 4. The average Bonchev–Trinajstić information content (AvgIpc) is 2.56. The van der Waals surface area contributed by atoms with E-state index in [9.17, 15) is 9.59 Å². The van der Waals surface area contributed by atoms with Gasteiger partial charge in [-0.05, 0) is 26.2 Å². The highest BCUT2D eigenvalue weighted by molar-refractivity contribution is 14.0. The Morgan fingerprint density at radius 2 is 1.87 bits per heavy atom. The van der Waals surface area contributed by atoms with E-state index in [1.54, 1.807) is 0 Å². The predicted molar refractivity (Wildman–Crippen MR) is 101 cm³/mol. The Labute approximate surface area is 155 Å². The van der Waals surface area contributed by atoms with Crippen molar-refractivity contribution in [1.82, 2.24) is 15.5 Å². The summed E-state index contributed by atoms with van der Waals surface area (Å²) in [6.07, 6.45) is 2.41. The van der Waals surface area contributed by atoms with Crippen LogP contribution in [-0.4, -0.2) is 62.6 Å². The normalized spacial score (nSPS) is 15.6. The van der Waals surface area contributed by atoms with Crippen LogP contribution in [0.3, 0.4) is 0 Å². The Kier molecular flexibility index (Phi) is 11.8. The van der Waals surface area contributed by atoms with E-state index in [0.29, 0.717) is 6.54 Å². The standard InChI is InChI=1S/C15H28N4O3.HI/c1-4-8-17-13(20)11-18-15(16-5-2)19-9-6-12(7-10-19)14(21)22-3;/h12H,4-11H2,1-3H3,(H,16,18)(H,17,20);1H. The molecule has 8 heteroatoms. The van der Waals surface area contributed by atoms with Crippen molar-refractivity contribution >= 4 is 41.8 Å². The minimum Gasteiger partial charge on any atom is -0.469 e. The topological polar surface area (TPSA) is 83.0 Å². The lowest BCUT2D eigenvalue weighted by molar-refractivity contribution is -0.146. The van der Waals surface area contributed by atoms with E-state index in [4.69, 9.17) is 4.74 Å². The molecule has 0 aromatic rings. The molecule has 23 heavy (non-hydrogen) atoms. The van der Waals surface area contributed by atoms with Gasteiger partial charge in [-0.25, -0.2) is 4.99 Å². The fourth-order valence-electron chi connectivity index (χ4n) is 2.39. The summed E-state index contributed by atoms with van der Waals surface area (Å²) in [5.41, 5.74) is 0. The summed E-state index contributed by atoms with van der Waals surface area (Å²) in [7, 11) is 1.43. The minimum atomic E-state index is -0.138. The molecule has 7 nitrogen and oxygen atoms in total. The van der Waals surface area contributed by atoms with Gasteiger partial charge in [0.2, 0.25) is 5.91 Å². The quantitative estimate of drug-likeness (QED) is 0.279. The molecule has 1 amide bonds. The number of amides is 1. The molecule has 0 spiro atoms. The number of nitrogens with zero attached hydrogens (tertiary/aromatic N) is 2. The average molecular weight is 440 g/mol. The summed E-state index contributed by atoms with van der Waals surface area (Å²) in [5, 5.41) is 6.01. The SMILES string of the molecule is CCCNC(=O)CN=C(NCC)N1CCC(C(=O)OC)CC1.I. The van der Waals surface area contributed by atoms with Crippen molar-refractivity contribution in [3.05, 3.63) is 0 Å². The summed E-state index contributed by atoms with van der Waals surface area (Å²) in [5.74, 6) is 0.497. The lowest BCUT2D eigenvalue weighted by atomic mass is 9.97. The van der Waals surface area contributed by atoms with Crippen LogP contribution in [0.4, 0.5) is 0 Å². The van der Waals surface area contributed by atoms with Crippen LogP contribution in [0.25, 0.3) is 0 Å².